The van der Waals surface area contributed by atoms with Gasteiger partial charge in [0.05, 0.1) is 0 Å². The van der Waals surface area contributed by atoms with Gasteiger partial charge in [-0.05, 0) is 24.2 Å². The van der Waals surface area contributed by atoms with E-state index in [1.165, 1.54) is 122 Å². The molecule has 0 heterocycles. The second-order valence-corrected chi connectivity index (χ2v) is 9.50. The molecule has 0 aromatic rings. The molecule has 0 spiro atoms. The Labute approximate surface area is 170 Å². The van der Waals surface area contributed by atoms with Crippen LogP contribution in [0, 0.1) is 17.8 Å². The van der Waals surface area contributed by atoms with Crippen LogP contribution in [0.1, 0.15) is 136 Å². The van der Waals surface area contributed by atoms with Gasteiger partial charge in [-0.1, -0.05) is 129 Å². The molecule has 1 aliphatic rings. The number of hydrogen-bond donors (Lipinski definition) is 1. The van der Waals surface area contributed by atoms with Gasteiger partial charge in [0.15, 0.2) is 0 Å². The molecule has 1 rings (SSSR count). The van der Waals surface area contributed by atoms with Gasteiger partial charge in [-0.3, -0.25) is 0 Å². The third-order valence-corrected chi connectivity index (χ3v) is 6.74. The number of oxime groups is 1. The lowest BCUT2D eigenvalue weighted by molar-refractivity contribution is 0.313. The van der Waals surface area contributed by atoms with Crippen molar-refractivity contribution in [3.8, 4) is 0 Å². The van der Waals surface area contributed by atoms with E-state index in [2.05, 4.69) is 19.0 Å². The lowest BCUT2D eigenvalue weighted by Gasteiger charge is -2.21. The van der Waals surface area contributed by atoms with Gasteiger partial charge in [0, 0.05) is 6.21 Å². The lowest BCUT2D eigenvalue weighted by atomic mass is 9.85. The molecule has 2 heteroatoms. The van der Waals surface area contributed by atoms with Crippen LogP contribution in [0.25, 0.3) is 0 Å². The zero-order chi connectivity index (χ0) is 19.6. The number of rotatable bonds is 17. The van der Waals surface area contributed by atoms with Gasteiger partial charge in [0.25, 0.3) is 0 Å². The van der Waals surface area contributed by atoms with Crippen LogP contribution in [0.4, 0.5) is 0 Å². The molecule has 0 saturated heterocycles. The van der Waals surface area contributed by atoms with Crippen LogP contribution < -0.4 is 0 Å². The standard InChI is InChI=1S/C25H49NO/c1-23(2)25(22-26-27)21-17-12-10-8-6-4-3-5-7-9-11-14-18-24-19-15-13-16-20-24/h22-25,27H,3-21H2,1-2H3. The summed E-state index contributed by atoms with van der Waals surface area (Å²) in [7, 11) is 0. The molecule has 1 N–H and O–H groups in total. The first-order valence-corrected chi connectivity index (χ1v) is 12.4. The zero-order valence-electron chi connectivity index (χ0n) is 18.6. The fourth-order valence-electron chi connectivity index (χ4n) is 4.72. The molecule has 1 fully saturated rings. The number of unbranched alkanes of at least 4 members (excludes halogenated alkanes) is 11. The molecule has 0 radical (unpaired) electrons. The van der Waals surface area contributed by atoms with Crippen molar-refractivity contribution in [1.29, 1.82) is 0 Å². The highest BCUT2D eigenvalue weighted by Gasteiger charge is 2.12. The van der Waals surface area contributed by atoms with Crippen LogP contribution in [0.3, 0.4) is 0 Å². The summed E-state index contributed by atoms with van der Waals surface area (Å²) in [5, 5.41) is 11.9. The quantitative estimate of drug-likeness (QED) is 0.116. The van der Waals surface area contributed by atoms with E-state index >= 15 is 0 Å². The fourth-order valence-corrected chi connectivity index (χ4v) is 4.72. The summed E-state index contributed by atoms with van der Waals surface area (Å²) in [5.74, 6) is 2.10. The molecule has 1 saturated carbocycles. The minimum atomic E-state index is 0.442. The van der Waals surface area contributed by atoms with E-state index in [0.29, 0.717) is 11.8 Å². The van der Waals surface area contributed by atoms with Crippen molar-refractivity contribution in [3.05, 3.63) is 0 Å². The van der Waals surface area contributed by atoms with Crippen molar-refractivity contribution in [3.63, 3.8) is 0 Å². The van der Waals surface area contributed by atoms with Crippen LogP contribution >= 0.6 is 0 Å². The predicted octanol–water partition coefficient (Wildman–Crippen LogP) is 8.76. The van der Waals surface area contributed by atoms with Crippen molar-refractivity contribution in [2.24, 2.45) is 22.9 Å². The summed E-state index contributed by atoms with van der Waals surface area (Å²) in [4.78, 5) is 0. The maximum Gasteiger partial charge on any atom is 0.0469 e. The van der Waals surface area contributed by atoms with Crippen LogP contribution in [0.2, 0.25) is 0 Å². The summed E-state index contributed by atoms with van der Waals surface area (Å²) in [6, 6.07) is 0. The maximum atomic E-state index is 8.71. The average Bonchev–Trinajstić information content (AvgIpc) is 2.68. The van der Waals surface area contributed by atoms with E-state index in [1.807, 2.05) is 0 Å². The minimum absolute atomic E-state index is 0.442. The van der Waals surface area contributed by atoms with E-state index in [0.717, 1.165) is 5.92 Å². The highest BCUT2D eigenvalue weighted by atomic mass is 16.4. The normalized spacial score (nSPS) is 17.1. The van der Waals surface area contributed by atoms with E-state index < -0.39 is 0 Å². The van der Waals surface area contributed by atoms with Crippen molar-refractivity contribution in [2.45, 2.75) is 136 Å². The zero-order valence-corrected chi connectivity index (χ0v) is 18.6. The average molecular weight is 380 g/mol. The Morgan fingerprint density at radius 3 is 1.70 bits per heavy atom. The molecule has 27 heavy (non-hydrogen) atoms. The second-order valence-electron chi connectivity index (χ2n) is 9.50. The van der Waals surface area contributed by atoms with Crippen LogP contribution in [-0.4, -0.2) is 11.4 Å². The Bertz CT molecular complexity index is 333. The van der Waals surface area contributed by atoms with E-state index in [-0.39, 0.29) is 0 Å². The summed E-state index contributed by atoms with van der Waals surface area (Å²) < 4.78 is 0. The first-order valence-electron chi connectivity index (χ1n) is 12.4. The smallest absolute Gasteiger partial charge is 0.0469 e. The van der Waals surface area contributed by atoms with Crippen LogP contribution in [-0.2, 0) is 0 Å². The molecule has 1 unspecified atom stereocenters. The Kier molecular flexibility index (Phi) is 15.9. The topological polar surface area (TPSA) is 32.6 Å². The lowest BCUT2D eigenvalue weighted by Crippen LogP contribution is -2.10. The number of hydrogen-bond acceptors (Lipinski definition) is 2. The highest BCUT2D eigenvalue weighted by molar-refractivity contribution is 5.60. The largest absolute Gasteiger partial charge is 0.411 e. The molecule has 1 aliphatic carbocycles. The fraction of sp³-hybridized carbons (Fsp3) is 0.960. The molecule has 0 aromatic carbocycles. The maximum absolute atomic E-state index is 8.71. The van der Waals surface area contributed by atoms with Crippen molar-refractivity contribution in [1.82, 2.24) is 0 Å². The summed E-state index contributed by atoms with van der Waals surface area (Å²) in [6.45, 7) is 4.42. The van der Waals surface area contributed by atoms with Gasteiger partial charge in [-0.2, -0.15) is 0 Å². The van der Waals surface area contributed by atoms with E-state index in [9.17, 15) is 0 Å². The molecule has 2 nitrogen and oxygen atoms in total. The van der Waals surface area contributed by atoms with Crippen molar-refractivity contribution >= 4 is 6.21 Å². The summed E-state index contributed by atoms with van der Waals surface area (Å²) in [5.41, 5.74) is 0. The van der Waals surface area contributed by atoms with E-state index in [4.69, 9.17) is 5.21 Å². The Morgan fingerprint density at radius 1 is 0.741 bits per heavy atom. The Balaban J connectivity index is 1.76. The third kappa shape index (κ3) is 14.2. The highest BCUT2D eigenvalue weighted by Crippen LogP contribution is 2.28. The molecular formula is C25H49NO. The first kappa shape index (κ1) is 24.5. The SMILES string of the molecule is CC(C)C(C=NO)CCCCCCCCCCCCCCC1CCCCC1. The van der Waals surface area contributed by atoms with Gasteiger partial charge in [-0.25, -0.2) is 0 Å². The summed E-state index contributed by atoms with van der Waals surface area (Å²) >= 11 is 0. The van der Waals surface area contributed by atoms with Crippen LogP contribution in [0.15, 0.2) is 5.16 Å². The molecule has 160 valence electrons. The van der Waals surface area contributed by atoms with Crippen molar-refractivity contribution in [2.75, 3.05) is 0 Å². The van der Waals surface area contributed by atoms with Crippen molar-refractivity contribution < 1.29 is 5.21 Å². The van der Waals surface area contributed by atoms with Gasteiger partial charge in [0.2, 0.25) is 0 Å². The second kappa shape index (κ2) is 17.6. The summed E-state index contributed by atoms with van der Waals surface area (Å²) in [6.07, 6.45) is 29.0. The monoisotopic (exact) mass is 379 g/mol. The molecule has 0 aliphatic heterocycles. The molecule has 0 amide bonds. The van der Waals surface area contributed by atoms with Gasteiger partial charge in [-0.15, -0.1) is 5.16 Å². The minimum Gasteiger partial charge on any atom is -0.411 e. The molecule has 1 atom stereocenters. The first-order chi connectivity index (χ1) is 13.2. The third-order valence-electron chi connectivity index (χ3n) is 6.74. The van der Waals surface area contributed by atoms with Gasteiger partial charge < -0.3 is 5.21 Å². The molecule has 0 aromatic heterocycles. The molecule has 0 bridgehead atoms. The van der Waals surface area contributed by atoms with E-state index in [1.54, 1.807) is 6.21 Å². The number of nitrogens with zero attached hydrogens (tertiary/aromatic N) is 1. The Hall–Kier alpha value is -0.530. The van der Waals surface area contributed by atoms with Gasteiger partial charge in [0.1, 0.15) is 0 Å². The van der Waals surface area contributed by atoms with Crippen LogP contribution in [0.5, 0.6) is 0 Å². The molecular weight excluding hydrogens is 330 g/mol. The Morgan fingerprint density at radius 2 is 1.22 bits per heavy atom. The van der Waals surface area contributed by atoms with Gasteiger partial charge >= 0.3 is 0 Å². The predicted molar refractivity (Wildman–Crippen MR) is 120 cm³/mol.